The van der Waals surface area contributed by atoms with Crippen LogP contribution in [0.4, 0.5) is 45.5 Å². The summed E-state index contributed by atoms with van der Waals surface area (Å²) >= 11 is 0. The van der Waals surface area contributed by atoms with Crippen LogP contribution in [0.1, 0.15) is 188 Å². The highest BCUT2D eigenvalue weighted by Gasteiger charge is 2.57. The van der Waals surface area contributed by atoms with E-state index in [2.05, 4.69) is 259 Å². The molecular weight excluding hydrogens is 918 g/mol. The summed E-state index contributed by atoms with van der Waals surface area (Å²) in [7, 11) is 0. The molecule has 1 saturated carbocycles. The first-order chi connectivity index (χ1) is 35.7. The van der Waals surface area contributed by atoms with Gasteiger partial charge in [0.15, 0.2) is 0 Å². The predicted octanol–water partition coefficient (Wildman–Crippen LogP) is 18.1. The molecule has 0 spiro atoms. The van der Waals surface area contributed by atoms with Crippen LogP contribution in [0.5, 0.6) is 0 Å². The van der Waals surface area contributed by atoms with Gasteiger partial charge in [0.2, 0.25) is 0 Å². The van der Waals surface area contributed by atoms with Gasteiger partial charge in [-0.3, -0.25) is 0 Å². The summed E-state index contributed by atoms with van der Waals surface area (Å²) in [5, 5.41) is 0. The highest BCUT2D eigenvalue weighted by molar-refractivity contribution is 7.00. The number of fused-ring (bicyclic) bond motifs is 8. The van der Waals surface area contributed by atoms with Crippen molar-refractivity contribution in [2.45, 2.75) is 194 Å². The summed E-state index contributed by atoms with van der Waals surface area (Å²) in [4.78, 5) is 8.25. The van der Waals surface area contributed by atoms with Gasteiger partial charge in [-0.25, -0.2) is 0 Å². The van der Waals surface area contributed by atoms with Crippen molar-refractivity contribution in [3.8, 4) is 11.1 Å². The molecule has 0 amide bonds. The maximum absolute atomic E-state index is 2.80. The average molecular weight is 1000 g/mol. The fraction of sp³-hybridized carbons (Fsp3) is 0.417. The van der Waals surface area contributed by atoms with E-state index in [9.17, 15) is 0 Å². The third-order valence-electron chi connectivity index (χ3n) is 19.9. The van der Waals surface area contributed by atoms with Crippen molar-refractivity contribution in [2.24, 2.45) is 0 Å². The maximum Gasteiger partial charge on any atom is 0.252 e. The van der Waals surface area contributed by atoms with Gasteiger partial charge in [0.25, 0.3) is 6.71 Å². The molecule has 0 saturated heterocycles. The molecule has 5 aliphatic rings. The Morgan fingerprint density at radius 3 is 1.63 bits per heavy atom. The van der Waals surface area contributed by atoms with Crippen molar-refractivity contribution in [2.75, 3.05) is 14.7 Å². The Balaban J connectivity index is 1.22. The van der Waals surface area contributed by atoms with Gasteiger partial charge in [0.1, 0.15) is 0 Å². The first kappa shape index (κ1) is 50.8. The molecule has 0 bridgehead atoms. The quantitative estimate of drug-likeness (QED) is 0.163. The molecule has 3 aliphatic heterocycles. The number of nitrogens with zero attached hydrogens (tertiary/aromatic N) is 3. The van der Waals surface area contributed by atoms with E-state index in [0.717, 1.165) is 19.3 Å². The van der Waals surface area contributed by atoms with E-state index in [1.165, 1.54) is 138 Å². The highest BCUT2D eigenvalue weighted by Crippen LogP contribution is 2.61. The maximum atomic E-state index is 2.80. The number of hydrogen-bond donors (Lipinski definition) is 0. The SMILES string of the molecule is Cc1cc(C(C)(C)C)ccc1N1c2cc(N3c4ccccc4C4(C)CCCCCC34C)ccc2B2c3cc4c(cc3N(c3ccc(C(C)(C)C)cc3-c3ccccc3)c3cc(C(C)(C)C)cc1c32)C(C)(C)CCC4(C)C. The summed E-state index contributed by atoms with van der Waals surface area (Å²) in [6.45, 7) is 38.8. The topological polar surface area (TPSA) is 9.72 Å². The molecule has 390 valence electrons. The summed E-state index contributed by atoms with van der Waals surface area (Å²) in [6, 6.07) is 53.6. The Morgan fingerprint density at radius 2 is 0.987 bits per heavy atom. The monoisotopic (exact) mass is 1000 g/mol. The smallest absolute Gasteiger partial charge is 0.252 e. The van der Waals surface area contributed by atoms with Crippen LogP contribution in [0.15, 0.2) is 133 Å². The van der Waals surface area contributed by atoms with Crippen molar-refractivity contribution in [3.05, 3.63) is 172 Å². The van der Waals surface area contributed by atoms with Gasteiger partial charge >= 0.3 is 0 Å². The zero-order valence-corrected chi connectivity index (χ0v) is 49.1. The van der Waals surface area contributed by atoms with E-state index in [1.54, 1.807) is 0 Å². The Hall–Kier alpha value is -6.00. The van der Waals surface area contributed by atoms with Gasteiger partial charge in [0, 0.05) is 50.8 Å². The second-order valence-electron chi connectivity index (χ2n) is 28.9. The minimum atomic E-state index is -0.149. The third kappa shape index (κ3) is 7.63. The molecule has 2 atom stereocenters. The summed E-state index contributed by atoms with van der Waals surface area (Å²) in [5.74, 6) is 0. The molecule has 0 N–H and O–H groups in total. The molecule has 4 heteroatoms. The number of benzene rings is 7. The number of hydrogen-bond acceptors (Lipinski definition) is 3. The Kier molecular flexibility index (Phi) is 11.4. The standard InChI is InChI=1S/C72H84BN3/c1-46-39-48(66(2,3)4)29-33-58(46)74-61-43-51(76-60-28-22-21-27-53(60)71(15)35-23-18-24-36-72(71,76)16)31-32-56(61)73-57-44-54-55(70(13,14)38-37-69(54,11)12)45-62(57)75(64-42-50(68(8,9)10)41-63(74)65(64)73)59-34-30-49(67(5,6)7)40-52(59)47-25-19-17-20-26-47/h17,19-22,25-34,39-45H,18,23-24,35-38H2,1-16H3. The fourth-order valence-corrected chi connectivity index (χ4v) is 14.8. The van der Waals surface area contributed by atoms with Crippen molar-refractivity contribution >= 4 is 68.6 Å². The molecule has 0 radical (unpaired) electrons. The molecule has 2 unspecified atom stereocenters. The molecule has 12 rings (SSSR count). The van der Waals surface area contributed by atoms with E-state index >= 15 is 0 Å². The molecular formula is C72H84BN3. The minimum Gasteiger partial charge on any atom is -0.334 e. The fourth-order valence-electron chi connectivity index (χ4n) is 14.8. The molecule has 3 heterocycles. The molecule has 7 aromatic rings. The summed E-state index contributed by atoms with van der Waals surface area (Å²) in [5.41, 5.74) is 26.7. The number of aryl methyl sites for hydroxylation is 1. The average Bonchev–Trinajstić information content (AvgIpc) is 3.50. The van der Waals surface area contributed by atoms with Crippen LogP contribution in [-0.2, 0) is 32.5 Å². The van der Waals surface area contributed by atoms with E-state index in [1.807, 2.05) is 0 Å². The van der Waals surface area contributed by atoms with Crippen LogP contribution >= 0.6 is 0 Å². The lowest BCUT2D eigenvalue weighted by Crippen LogP contribution is -2.62. The second kappa shape index (κ2) is 17.0. The number of rotatable bonds is 4. The van der Waals surface area contributed by atoms with Crippen LogP contribution in [0.3, 0.4) is 0 Å². The number of anilines is 8. The third-order valence-corrected chi connectivity index (χ3v) is 19.9. The Bertz CT molecular complexity index is 3480. The molecule has 76 heavy (non-hydrogen) atoms. The molecule has 2 aliphatic carbocycles. The largest absolute Gasteiger partial charge is 0.334 e. The Labute approximate surface area is 458 Å². The van der Waals surface area contributed by atoms with E-state index in [-0.39, 0.29) is 44.7 Å². The molecule has 0 aromatic heterocycles. The Morgan fingerprint density at radius 1 is 0.421 bits per heavy atom. The highest BCUT2D eigenvalue weighted by atomic mass is 15.3. The van der Waals surface area contributed by atoms with E-state index < -0.39 is 0 Å². The first-order valence-corrected chi connectivity index (χ1v) is 29.1. The lowest BCUT2D eigenvalue weighted by Gasteiger charge is -2.49. The first-order valence-electron chi connectivity index (χ1n) is 29.1. The van der Waals surface area contributed by atoms with Crippen LogP contribution in [-0.4, -0.2) is 12.3 Å². The molecule has 1 fully saturated rings. The van der Waals surface area contributed by atoms with Crippen LogP contribution in [0.25, 0.3) is 11.1 Å². The lowest BCUT2D eigenvalue weighted by atomic mass is 9.33. The zero-order valence-electron chi connectivity index (χ0n) is 49.1. The number of para-hydroxylation sites is 1. The zero-order chi connectivity index (χ0) is 53.9. The summed E-state index contributed by atoms with van der Waals surface area (Å²) < 4.78 is 0. The minimum absolute atomic E-state index is 0.00974. The van der Waals surface area contributed by atoms with Gasteiger partial charge in [-0.2, -0.15) is 0 Å². The van der Waals surface area contributed by atoms with E-state index in [4.69, 9.17) is 0 Å². The van der Waals surface area contributed by atoms with Gasteiger partial charge in [0.05, 0.1) is 11.2 Å². The van der Waals surface area contributed by atoms with Crippen molar-refractivity contribution < 1.29 is 0 Å². The van der Waals surface area contributed by atoms with E-state index in [0.29, 0.717) is 0 Å². The molecule has 3 nitrogen and oxygen atoms in total. The van der Waals surface area contributed by atoms with Gasteiger partial charge < -0.3 is 14.7 Å². The van der Waals surface area contributed by atoms with Crippen molar-refractivity contribution in [3.63, 3.8) is 0 Å². The lowest BCUT2D eigenvalue weighted by molar-refractivity contribution is 0.261. The van der Waals surface area contributed by atoms with Crippen molar-refractivity contribution in [1.29, 1.82) is 0 Å². The van der Waals surface area contributed by atoms with Crippen LogP contribution < -0.4 is 31.1 Å². The van der Waals surface area contributed by atoms with Gasteiger partial charge in [-0.15, -0.1) is 0 Å². The normalized spacial score (nSPS) is 21.3. The summed E-state index contributed by atoms with van der Waals surface area (Å²) in [6.07, 6.45) is 8.50. The van der Waals surface area contributed by atoms with Crippen LogP contribution in [0, 0.1) is 6.92 Å². The predicted molar refractivity (Wildman–Crippen MR) is 329 cm³/mol. The van der Waals surface area contributed by atoms with Crippen molar-refractivity contribution in [1.82, 2.24) is 0 Å². The van der Waals surface area contributed by atoms with Gasteiger partial charge in [-0.1, -0.05) is 195 Å². The molecule has 7 aromatic carbocycles. The van der Waals surface area contributed by atoms with Crippen LogP contribution in [0.2, 0.25) is 0 Å². The second-order valence-corrected chi connectivity index (χ2v) is 28.9. The van der Waals surface area contributed by atoms with Gasteiger partial charge in [-0.05, 0) is 182 Å².